The molecule has 25 heavy (non-hydrogen) atoms. The van der Waals surface area contributed by atoms with E-state index in [1.165, 1.54) is 35.9 Å². The Morgan fingerprint density at radius 2 is 1.92 bits per heavy atom. The van der Waals surface area contributed by atoms with Crippen molar-refractivity contribution in [1.29, 1.82) is 0 Å². The summed E-state index contributed by atoms with van der Waals surface area (Å²) >= 11 is 1.22. The van der Waals surface area contributed by atoms with Crippen LogP contribution in [0, 0.1) is 0 Å². The van der Waals surface area contributed by atoms with Gasteiger partial charge in [0.05, 0.1) is 12.3 Å². The summed E-state index contributed by atoms with van der Waals surface area (Å²) in [5.41, 5.74) is -0.311. The zero-order valence-electron chi connectivity index (χ0n) is 15.5. The molecule has 0 saturated heterocycles. The van der Waals surface area contributed by atoms with Gasteiger partial charge in [0.2, 0.25) is 17.7 Å². The molecule has 1 aliphatic rings. The van der Waals surface area contributed by atoms with Crippen molar-refractivity contribution in [1.82, 2.24) is 20.4 Å². The minimum Gasteiger partial charge on any atom is -0.416 e. The van der Waals surface area contributed by atoms with Crippen LogP contribution in [-0.2, 0) is 9.59 Å². The van der Waals surface area contributed by atoms with E-state index in [1.54, 1.807) is 7.05 Å². The second-order valence-electron chi connectivity index (χ2n) is 7.58. The Labute approximate surface area is 153 Å². The maximum atomic E-state index is 12.2. The molecule has 0 radical (unpaired) electrons. The van der Waals surface area contributed by atoms with Crippen LogP contribution in [0.4, 0.5) is 0 Å². The number of thioether (sulfide) groups is 1. The van der Waals surface area contributed by atoms with Crippen LogP contribution in [0.2, 0.25) is 0 Å². The van der Waals surface area contributed by atoms with Crippen LogP contribution in [0.25, 0.3) is 0 Å². The topological polar surface area (TPSA) is 88.3 Å². The molecule has 0 atom stereocenters. The van der Waals surface area contributed by atoms with Gasteiger partial charge in [0.1, 0.15) is 0 Å². The Balaban J connectivity index is 1.77. The maximum absolute atomic E-state index is 12.2. The lowest BCUT2D eigenvalue weighted by molar-refractivity contribution is -0.133. The van der Waals surface area contributed by atoms with Crippen molar-refractivity contribution in [2.24, 2.45) is 0 Å². The average Bonchev–Trinajstić information content (AvgIpc) is 3.00. The van der Waals surface area contributed by atoms with Crippen molar-refractivity contribution >= 4 is 23.6 Å². The minimum absolute atomic E-state index is 0.0355. The minimum atomic E-state index is -0.311. The molecule has 1 aromatic heterocycles. The molecule has 2 amide bonds. The number of carbonyl (C=O) groups is 2. The Morgan fingerprint density at radius 1 is 1.24 bits per heavy atom. The van der Waals surface area contributed by atoms with Gasteiger partial charge in [0.25, 0.3) is 5.22 Å². The van der Waals surface area contributed by atoms with Gasteiger partial charge in [-0.3, -0.25) is 9.59 Å². The molecule has 0 spiro atoms. The van der Waals surface area contributed by atoms with E-state index in [1.807, 2.05) is 20.8 Å². The fraction of sp³-hybridized carbons (Fsp3) is 0.765. The summed E-state index contributed by atoms with van der Waals surface area (Å²) in [6, 6.07) is 0. The molecule has 0 aromatic carbocycles. The Hall–Kier alpha value is -1.57. The summed E-state index contributed by atoms with van der Waals surface area (Å²) in [6.07, 6.45) is 5.87. The first kappa shape index (κ1) is 19.8. The van der Waals surface area contributed by atoms with Gasteiger partial charge in [0.15, 0.2) is 0 Å². The highest BCUT2D eigenvalue weighted by atomic mass is 32.2. The number of hydrogen-bond acceptors (Lipinski definition) is 6. The zero-order valence-corrected chi connectivity index (χ0v) is 16.3. The van der Waals surface area contributed by atoms with E-state index in [9.17, 15) is 9.59 Å². The van der Waals surface area contributed by atoms with Gasteiger partial charge in [-0.15, -0.1) is 10.2 Å². The second-order valence-corrected chi connectivity index (χ2v) is 8.50. The summed E-state index contributed by atoms with van der Waals surface area (Å²) in [6.45, 7) is 5.75. The zero-order chi connectivity index (χ0) is 18.4. The number of likely N-dealkylation sites (N-methyl/N-ethyl adjacent to an activating group) is 1. The third kappa shape index (κ3) is 6.68. The Morgan fingerprint density at radius 3 is 2.56 bits per heavy atom. The predicted molar refractivity (Wildman–Crippen MR) is 96.4 cm³/mol. The normalized spacial score (nSPS) is 15.8. The highest BCUT2D eigenvalue weighted by Gasteiger charge is 2.22. The highest BCUT2D eigenvalue weighted by Crippen LogP contribution is 2.32. The van der Waals surface area contributed by atoms with Gasteiger partial charge >= 0.3 is 0 Å². The van der Waals surface area contributed by atoms with Crippen molar-refractivity contribution < 1.29 is 14.0 Å². The summed E-state index contributed by atoms with van der Waals surface area (Å²) in [7, 11) is 1.62. The van der Waals surface area contributed by atoms with Gasteiger partial charge in [-0.25, -0.2) is 0 Å². The van der Waals surface area contributed by atoms with Gasteiger partial charge in [0, 0.05) is 18.5 Å². The van der Waals surface area contributed by atoms with Crippen LogP contribution in [0.5, 0.6) is 0 Å². The Bertz CT molecular complexity index is 591. The molecule has 1 N–H and O–H groups in total. The number of nitrogens with one attached hydrogen (secondary N) is 1. The molecule has 7 nitrogen and oxygen atoms in total. The number of aromatic nitrogens is 2. The van der Waals surface area contributed by atoms with Gasteiger partial charge in [-0.2, -0.15) is 0 Å². The van der Waals surface area contributed by atoms with Crippen LogP contribution in [-0.4, -0.2) is 51.8 Å². The summed E-state index contributed by atoms with van der Waals surface area (Å²) in [5, 5.41) is 11.4. The van der Waals surface area contributed by atoms with E-state index in [4.69, 9.17) is 4.42 Å². The van der Waals surface area contributed by atoms with E-state index in [-0.39, 0.29) is 29.7 Å². The number of carbonyl (C=O) groups excluding carboxylic acids is 2. The van der Waals surface area contributed by atoms with Gasteiger partial charge in [-0.1, -0.05) is 31.0 Å². The molecule has 0 aliphatic heterocycles. The number of amides is 2. The lowest BCUT2D eigenvalue weighted by Crippen LogP contribution is -2.46. The fourth-order valence-electron chi connectivity index (χ4n) is 2.79. The maximum Gasteiger partial charge on any atom is 0.277 e. The molecular weight excluding hydrogens is 340 g/mol. The van der Waals surface area contributed by atoms with E-state index in [0.717, 1.165) is 12.8 Å². The Kier molecular flexibility index (Phi) is 6.87. The van der Waals surface area contributed by atoms with E-state index in [0.29, 0.717) is 17.0 Å². The summed E-state index contributed by atoms with van der Waals surface area (Å²) in [5.74, 6) is 0.894. The molecule has 8 heteroatoms. The van der Waals surface area contributed by atoms with Crippen LogP contribution in [0.15, 0.2) is 9.64 Å². The smallest absolute Gasteiger partial charge is 0.277 e. The third-order valence-electron chi connectivity index (χ3n) is 4.02. The fourth-order valence-corrected chi connectivity index (χ4v) is 3.50. The van der Waals surface area contributed by atoms with Gasteiger partial charge in [-0.05, 0) is 33.6 Å². The SMILES string of the molecule is CN(CC(=O)NC(C)(C)C)C(=O)CSc1nnc(C2CCCCC2)o1. The molecule has 2 rings (SSSR count). The first-order chi connectivity index (χ1) is 11.7. The van der Waals surface area contributed by atoms with Crippen molar-refractivity contribution in [3.8, 4) is 0 Å². The van der Waals surface area contributed by atoms with Crippen LogP contribution in [0.3, 0.4) is 0 Å². The average molecular weight is 369 g/mol. The monoisotopic (exact) mass is 368 g/mol. The number of hydrogen-bond donors (Lipinski definition) is 1. The lowest BCUT2D eigenvalue weighted by Gasteiger charge is -2.23. The number of nitrogens with zero attached hydrogens (tertiary/aromatic N) is 3. The third-order valence-corrected chi connectivity index (χ3v) is 4.82. The van der Waals surface area contributed by atoms with Gasteiger partial charge < -0.3 is 14.6 Å². The van der Waals surface area contributed by atoms with Crippen molar-refractivity contribution in [3.63, 3.8) is 0 Å². The van der Waals surface area contributed by atoms with E-state index in [2.05, 4.69) is 15.5 Å². The standard InChI is InChI=1S/C17H28N4O3S/c1-17(2,3)18-13(22)10-21(4)14(23)11-25-16-20-19-15(24-16)12-8-6-5-7-9-12/h12H,5-11H2,1-4H3,(H,18,22). The largest absolute Gasteiger partial charge is 0.416 e. The lowest BCUT2D eigenvalue weighted by atomic mass is 9.89. The molecule has 0 bridgehead atoms. The van der Waals surface area contributed by atoms with E-state index < -0.39 is 0 Å². The summed E-state index contributed by atoms with van der Waals surface area (Å²) in [4.78, 5) is 25.4. The van der Waals surface area contributed by atoms with Crippen molar-refractivity contribution in [3.05, 3.63) is 5.89 Å². The summed E-state index contributed by atoms with van der Waals surface area (Å²) < 4.78 is 5.69. The number of rotatable bonds is 6. The van der Waals surface area contributed by atoms with E-state index >= 15 is 0 Å². The van der Waals surface area contributed by atoms with Crippen molar-refractivity contribution in [2.75, 3.05) is 19.3 Å². The molecule has 1 aliphatic carbocycles. The predicted octanol–water partition coefficient (Wildman–Crippen LogP) is 2.58. The molecule has 1 heterocycles. The van der Waals surface area contributed by atoms with Crippen LogP contribution < -0.4 is 5.32 Å². The highest BCUT2D eigenvalue weighted by molar-refractivity contribution is 7.99. The molecular formula is C17H28N4O3S. The first-order valence-electron chi connectivity index (χ1n) is 8.76. The quantitative estimate of drug-likeness (QED) is 0.777. The molecule has 1 fully saturated rings. The van der Waals surface area contributed by atoms with Crippen molar-refractivity contribution in [2.45, 2.75) is 69.6 Å². The molecule has 1 saturated carbocycles. The van der Waals surface area contributed by atoms with Crippen LogP contribution in [0.1, 0.15) is 64.7 Å². The van der Waals surface area contributed by atoms with Crippen LogP contribution >= 0.6 is 11.8 Å². The molecule has 140 valence electrons. The second kappa shape index (κ2) is 8.69. The first-order valence-corrected chi connectivity index (χ1v) is 9.74. The molecule has 0 unspecified atom stereocenters. The molecule has 1 aromatic rings.